The number of aromatic nitrogens is 2. The topological polar surface area (TPSA) is 118 Å². The van der Waals surface area contributed by atoms with Gasteiger partial charge in [-0.2, -0.15) is 0 Å². The van der Waals surface area contributed by atoms with Crippen molar-refractivity contribution in [3.63, 3.8) is 0 Å². The molecule has 3 rings (SSSR count). The molecular formula is C22H26FN3O5S. The Morgan fingerprint density at radius 2 is 1.97 bits per heavy atom. The quantitative estimate of drug-likeness (QED) is 0.606. The molecule has 172 valence electrons. The lowest BCUT2D eigenvalue weighted by atomic mass is 9.96. The first-order valence-electron chi connectivity index (χ1n) is 10.2. The lowest BCUT2D eigenvalue weighted by Crippen LogP contribution is -2.31. The molecule has 10 heteroatoms. The van der Waals surface area contributed by atoms with Gasteiger partial charge in [0.05, 0.1) is 36.7 Å². The minimum atomic E-state index is -3.45. The zero-order valence-corrected chi connectivity index (χ0v) is 18.9. The fraction of sp³-hybridized carbons (Fsp3) is 0.409. The third-order valence-electron chi connectivity index (χ3n) is 4.85. The third kappa shape index (κ3) is 6.41. The van der Waals surface area contributed by atoms with E-state index in [1.54, 1.807) is 24.3 Å². The molecule has 32 heavy (non-hydrogen) atoms. The minimum Gasteiger partial charge on any atom is -0.458 e. The Hall–Kier alpha value is -2.69. The van der Waals surface area contributed by atoms with Crippen molar-refractivity contribution < 1.29 is 27.4 Å². The van der Waals surface area contributed by atoms with Gasteiger partial charge < -0.3 is 9.84 Å². The maximum absolute atomic E-state index is 13.5. The van der Waals surface area contributed by atoms with Crippen LogP contribution in [-0.4, -0.2) is 47.9 Å². The molecule has 0 bridgehead atoms. The zero-order chi connectivity index (χ0) is 23.5. The minimum absolute atomic E-state index is 0.0342. The molecule has 1 aromatic carbocycles. The summed E-state index contributed by atoms with van der Waals surface area (Å²) in [6.07, 6.45) is 3.33. The van der Waals surface area contributed by atoms with E-state index in [-0.39, 0.29) is 31.1 Å². The van der Waals surface area contributed by atoms with Crippen molar-refractivity contribution in [3.05, 3.63) is 53.2 Å². The van der Waals surface area contributed by atoms with E-state index in [4.69, 9.17) is 4.74 Å². The number of esters is 1. The van der Waals surface area contributed by atoms with Crippen LogP contribution in [-0.2, 0) is 26.1 Å². The van der Waals surface area contributed by atoms with Crippen LogP contribution in [0.3, 0.4) is 0 Å². The summed E-state index contributed by atoms with van der Waals surface area (Å²) in [5, 5.41) is 9.86. The SMILES string of the molecule is CC(C)c1nc(CNS(C)(=O)=O)nc(-c2ccc(F)cc2)c1/C=C/[C@@H]1C[C@@H](O)CC(=O)O1. The first kappa shape index (κ1) is 24.0. The van der Waals surface area contributed by atoms with E-state index in [0.717, 1.165) is 6.26 Å². The zero-order valence-electron chi connectivity index (χ0n) is 18.1. The molecule has 2 heterocycles. The Bertz CT molecular complexity index is 1120. The smallest absolute Gasteiger partial charge is 0.309 e. The van der Waals surface area contributed by atoms with Crippen LogP contribution in [0.5, 0.6) is 0 Å². The molecule has 0 saturated carbocycles. The average molecular weight is 464 g/mol. The molecule has 1 aliphatic rings. The highest BCUT2D eigenvalue weighted by atomic mass is 32.2. The predicted octanol–water partition coefficient (Wildman–Crippen LogP) is 2.54. The second kappa shape index (κ2) is 9.85. The van der Waals surface area contributed by atoms with Crippen LogP contribution >= 0.6 is 0 Å². The van der Waals surface area contributed by atoms with Crippen LogP contribution in [0, 0.1) is 5.82 Å². The Morgan fingerprint density at radius 3 is 2.56 bits per heavy atom. The van der Waals surface area contributed by atoms with Crippen molar-refractivity contribution in [1.29, 1.82) is 0 Å². The number of ether oxygens (including phenoxy) is 1. The van der Waals surface area contributed by atoms with Crippen LogP contribution in [0.1, 0.15) is 49.7 Å². The molecule has 0 radical (unpaired) electrons. The summed E-state index contributed by atoms with van der Waals surface area (Å²) < 4.78 is 44.3. The van der Waals surface area contributed by atoms with Crippen LogP contribution in [0.4, 0.5) is 4.39 Å². The van der Waals surface area contributed by atoms with E-state index in [1.807, 2.05) is 13.8 Å². The van der Waals surface area contributed by atoms with Crippen LogP contribution in [0.2, 0.25) is 0 Å². The summed E-state index contributed by atoms with van der Waals surface area (Å²) in [6.45, 7) is 3.78. The van der Waals surface area contributed by atoms with Crippen molar-refractivity contribution in [3.8, 4) is 11.3 Å². The molecule has 1 fully saturated rings. The number of halogens is 1. The van der Waals surface area contributed by atoms with E-state index >= 15 is 0 Å². The van der Waals surface area contributed by atoms with Gasteiger partial charge in [0.25, 0.3) is 0 Å². The molecule has 1 aliphatic heterocycles. The maximum Gasteiger partial charge on any atom is 0.309 e. The normalized spacial score (nSPS) is 19.5. The molecule has 2 atom stereocenters. The van der Waals surface area contributed by atoms with Gasteiger partial charge in [0, 0.05) is 17.5 Å². The van der Waals surface area contributed by atoms with Crippen LogP contribution in [0.25, 0.3) is 17.3 Å². The van der Waals surface area contributed by atoms with Crippen molar-refractivity contribution >= 4 is 22.1 Å². The number of nitrogens with one attached hydrogen (secondary N) is 1. The van der Waals surface area contributed by atoms with E-state index in [0.29, 0.717) is 22.5 Å². The second-order valence-corrected chi connectivity index (χ2v) is 9.86. The molecule has 0 spiro atoms. The fourth-order valence-corrected chi connectivity index (χ4v) is 3.76. The monoisotopic (exact) mass is 463 g/mol. The standard InChI is InChI=1S/C22H26FN3O5S/c1-13(2)21-18(9-8-17-10-16(27)11-20(28)31-17)22(14-4-6-15(23)7-5-14)26-19(25-21)12-24-32(3,29)30/h4-9,13,16-17,24,27H,10-12H2,1-3H3/b9-8+/t16-,17-/m1/s1. The van der Waals surface area contributed by atoms with Gasteiger partial charge in [-0.1, -0.05) is 19.9 Å². The number of nitrogens with zero attached hydrogens (tertiary/aromatic N) is 2. The summed E-state index contributed by atoms with van der Waals surface area (Å²) in [5.41, 5.74) is 2.42. The molecule has 2 aromatic rings. The molecule has 1 saturated heterocycles. The number of benzene rings is 1. The van der Waals surface area contributed by atoms with E-state index in [2.05, 4.69) is 14.7 Å². The lowest BCUT2D eigenvalue weighted by Gasteiger charge is -2.23. The van der Waals surface area contributed by atoms with E-state index in [1.165, 1.54) is 12.1 Å². The third-order valence-corrected chi connectivity index (χ3v) is 5.51. The van der Waals surface area contributed by atoms with E-state index in [9.17, 15) is 22.7 Å². The molecular weight excluding hydrogens is 437 g/mol. The average Bonchev–Trinajstić information content (AvgIpc) is 2.70. The lowest BCUT2D eigenvalue weighted by molar-refractivity contribution is -0.156. The van der Waals surface area contributed by atoms with Gasteiger partial charge in [0.15, 0.2) is 0 Å². The fourth-order valence-electron chi connectivity index (χ4n) is 3.37. The summed E-state index contributed by atoms with van der Waals surface area (Å²) in [5.74, 6) is -0.644. The number of sulfonamides is 1. The number of aliphatic hydroxyl groups is 1. The van der Waals surface area contributed by atoms with Gasteiger partial charge in [0.2, 0.25) is 10.0 Å². The molecule has 8 nitrogen and oxygen atoms in total. The van der Waals surface area contributed by atoms with Crippen LogP contribution < -0.4 is 4.72 Å². The van der Waals surface area contributed by atoms with Gasteiger partial charge in [-0.25, -0.2) is 27.5 Å². The van der Waals surface area contributed by atoms with E-state index < -0.39 is 34.0 Å². The highest BCUT2D eigenvalue weighted by Gasteiger charge is 2.26. The van der Waals surface area contributed by atoms with Crippen LogP contribution in [0.15, 0.2) is 30.3 Å². The van der Waals surface area contributed by atoms with Gasteiger partial charge >= 0.3 is 5.97 Å². The maximum atomic E-state index is 13.5. The largest absolute Gasteiger partial charge is 0.458 e. The van der Waals surface area contributed by atoms with Crippen molar-refractivity contribution in [1.82, 2.24) is 14.7 Å². The highest BCUT2D eigenvalue weighted by Crippen LogP contribution is 2.30. The van der Waals surface area contributed by atoms with Gasteiger partial charge in [0.1, 0.15) is 17.7 Å². The number of hydrogen-bond acceptors (Lipinski definition) is 7. The first-order chi connectivity index (χ1) is 15.0. The van der Waals surface area contributed by atoms with Crippen molar-refractivity contribution in [2.24, 2.45) is 0 Å². The number of carbonyl (C=O) groups is 1. The molecule has 0 amide bonds. The Balaban J connectivity index is 2.08. The number of aliphatic hydroxyl groups excluding tert-OH is 1. The van der Waals surface area contributed by atoms with Gasteiger partial charge in [-0.05, 0) is 36.3 Å². The van der Waals surface area contributed by atoms with Crippen molar-refractivity contribution in [2.45, 2.75) is 51.4 Å². The summed E-state index contributed by atoms with van der Waals surface area (Å²) in [4.78, 5) is 20.8. The Morgan fingerprint density at radius 1 is 1.28 bits per heavy atom. The second-order valence-electron chi connectivity index (χ2n) is 8.02. The highest BCUT2D eigenvalue weighted by molar-refractivity contribution is 7.88. The van der Waals surface area contributed by atoms with Crippen molar-refractivity contribution in [2.75, 3.05) is 6.26 Å². The van der Waals surface area contributed by atoms with Gasteiger partial charge in [-0.15, -0.1) is 0 Å². The summed E-state index contributed by atoms with van der Waals surface area (Å²) >= 11 is 0. The number of hydrogen-bond donors (Lipinski definition) is 2. The first-order valence-corrected chi connectivity index (χ1v) is 12.1. The summed E-state index contributed by atoms with van der Waals surface area (Å²) in [7, 11) is -3.45. The molecule has 0 unspecified atom stereocenters. The number of rotatable bonds is 7. The van der Waals surface area contributed by atoms with Gasteiger partial charge in [-0.3, -0.25) is 4.79 Å². The Kier molecular flexibility index (Phi) is 7.37. The molecule has 0 aliphatic carbocycles. The predicted molar refractivity (Wildman–Crippen MR) is 117 cm³/mol. The number of cyclic esters (lactones) is 1. The molecule has 2 N–H and O–H groups in total. The molecule has 1 aromatic heterocycles. The Labute approximate surface area is 186 Å². The summed E-state index contributed by atoms with van der Waals surface area (Å²) in [6, 6.07) is 5.79. The number of carbonyl (C=O) groups excluding carboxylic acids is 1.